The Morgan fingerprint density at radius 3 is 3.00 bits per heavy atom. The summed E-state index contributed by atoms with van der Waals surface area (Å²) in [6.45, 7) is 0. The van der Waals surface area contributed by atoms with Crippen LogP contribution in [0.3, 0.4) is 0 Å². The lowest BCUT2D eigenvalue weighted by molar-refractivity contribution is -0.00280. The molecule has 28 heavy (non-hydrogen) atoms. The van der Waals surface area contributed by atoms with Crippen molar-refractivity contribution in [2.24, 2.45) is 22.4 Å². The van der Waals surface area contributed by atoms with Gasteiger partial charge >= 0.3 is 7.05 Å². The summed E-state index contributed by atoms with van der Waals surface area (Å²) in [6.07, 6.45) is 12.1. The fourth-order valence-corrected chi connectivity index (χ4v) is 7.13. The van der Waals surface area contributed by atoms with Crippen LogP contribution in [-0.4, -0.2) is 49.4 Å². The van der Waals surface area contributed by atoms with Gasteiger partial charge in [-0.1, -0.05) is 0 Å². The van der Waals surface area contributed by atoms with E-state index in [1.165, 1.54) is 12.8 Å². The third-order valence-corrected chi connectivity index (χ3v) is 8.33. The fourth-order valence-electron chi connectivity index (χ4n) is 7.13. The molecule has 5 aliphatic rings. The van der Waals surface area contributed by atoms with Gasteiger partial charge in [-0.2, -0.15) is 5.10 Å². The van der Waals surface area contributed by atoms with Crippen molar-refractivity contribution in [1.82, 2.24) is 14.9 Å². The summed E-state index contributed by atoms with van der Waals surface area (Å²) < 4.78 is 0. The smallest absolute Gasteiger partial charge is 0.428 e. The Balaban J connectivity index is 1.49. The van der Waals surface area contributed by atoms with Gasteiger partial charge in [0.25, 0.3) is 0 Å². The molecule has 4 unspecified atom stereocenters. The van der Waals surface area contributed by atoms with Gasteiger partial charge in [0.1, 0.15) is 5.65 Å². The normalized spacial score (nSPS) is 38.9. The van der Waals surface area contributed by atoms with E-state index in [9.17, 15) is 10.1 Å². The maximum atomic E-state index is 11.3. The van der Waals surface area contributed by atoms with Gasteiger partial charge in [-0.15, -0.1) is 0 Å². The molecule has 4 fully saturated rings. The minimum atomic E-state index is -0.727. The van der Waals surface area contributed by atoms with E-state index < -0.39 is 12.7 Å². The molecule has 4 aliphatic carbocycles. The largest absolute Gasteiger partial charge is 0.468 e. The van der Waals surface area contributed by atoms with Crippen molar-refractivity contribution in [1.29, 1.82) is 0 Å². The summed E-state index contributed by atoms with van der Waals surface area (Å²) in [5, 5.41) is 28.7. The average molecular weight is 376 g/mol. The third-order valence-electron chi connectivity index (χ3n) is 8.33. The quantitative estimate of drug-likeness (QED) is 0.698. The van der Waals surface area contributed by atoms with Crippen LogP contribution in [-0.2, 0) is 0 Å². The zero-order valence-electron chi connectivity index (χ0n) is 15.9. The number of nitrogens with zero attached hydrogens (tertiary/aromatic N) is 3. The summed E-state index contributed by atoms with van der Waals surface area (Å²) >= 11 is 0. The summed E-state index contributed by atoms with van der Waals surface area (Å²) in [5.74, 6) is 1.16. The molecule has 2 aromatic rings. The number of hydrogen-bond acceptors (Lipinski definition) is 5. The molecule has 0 aromatic carbocycles. The van der Waals surface area contributed by atoms with Crippen LogP contribution in [0.15, 0.2) is 23.6 Å². The number of aromatic nitrogens is 2. The molecule has 0 spiro atoms. The van der Waals surface area contributed by atoms with E-state index in [0.717, 1.165) is 66.3 Å². The third kappa shape index (κ3) is 1.92. The lowest BCUT2D eigenvalue weighted by Crippen LogP contribution is -2.56. The highest BCUT2D eigenvalue weighted by Gasteiger charge is 2.63. The predicted octanol–water partition coefficient (Wildman–Crippen LogP) is 1.76. The monoisotopic (exact) mass is 376 g/mol. The van der Waals surface area contributed by atoms with Crippen LogP contribution < -0.4 is 5.46 Å². The Bertz CT molecular complexity index is 1030. The topological polar surface area (TPSA) is 84.7 Å². The Morgan fingerprint density at radius 2 is 2.14 bits per heavy atom. The molecular weight excluding hydrogens is 351 g/mol. The van der Waals surface area contributed by atoms with Gasteiger partial charge in [-0.05, 0) is 69.3 Å². The Kier molecular flexibility index (Phi) is 2.86. The number of pyridine rings is 1. The number of hydrogen-bond donors (Lipinski definition) is 3. The molecule has 7 heteroatoms. The zero-order valence-corrected chi connectivity index (χ0v) is 15.9. The van der Waals surface area contributed by atoms with Crippen LogP contribution in [0.5, 0.6) is 0 Å². The summed E-state index contributed by atoms with van der Waals surface area (Å²) in [4.78, 5) is 9.73. The van der Waals surface area contributed by atoms with Crippen LogP contribution in [0.4, 0.5) is 0 Å². The van der Waals surface area contributed by atoms with E-state index in [1.54, 1.807) is 0 Å². The Labute approximate surface area is 164 Å². The highest BCUT2D eigenvalue weighted by atomic mass is 16.3. The van der Waals surface area contributed by atoms with E-state index in [1.807, 2.05) is 17.3 Å². The van der Waals surface area contributed by atoms with Gasteiger partial charge in [0, 0.05) is 40.3 Å². The molecule has 1 aliphatic heterocycles. The van der Waals surface area contributed by atoms with Gasteiger partial charge in [0.15, 0.2) is 0 Å². The van der Waals surface area contributed by atoms with Gasteiger partial charge in [0.05, 0.1) is 11.3 Å². The number of aliphatic hydroxyl groups is 1. The van der Waals surface area contributed by atoms with Crippen LogP contribution >= 0.6 is 0 Å². The van der Waals surface area contributed by atoms with Crippen molar-refractivity contribution in [2.75, 3.05) is 0 Å². The molecule has 0 saturated heterocycles. The number of H-pyrrole nitrogens is 1. The van der Waals surface area contributed by atoms with Crippen molar-refractivity contribution in [3.8, 4) is 0 Å². The van der Waals surface area contributed by atoms with Crippen molar-refractivity contribution < 1.29 is 10.1 Å². The summed E-state index contributed by atoms with van der Waals surface area (Å²) in [7, 11) is -0.727. The predicted molar refractivity (Wildman–Crippen MR) is 107 cm³/mol. The molecule has 4 saturated carbocycles. The molecular formula is C21H25BN4O2. The van der Waals surface area contributed by atoms with E-state index >= 15 is 0 Å². The molecule has 3 heterocycles. The molecule has 0 radical (unpaired) electrons. The van der Waals surface area contributed by atoms with E-state index in [-0.39, 0.29) is 5.41 Å². The molecule has 3 N–H and O–H groups in total. The maximum Gasteiger partial charge on any atom is 0.468 e. The van der Waals surface area contributed by atoms with Crippen molar-refractivity contribution in [2.45, 2.75) is 63.0 Å². The highest BCUT2D eigenvalue weighted by molar-refractivity contribution is 6.66. The Hall–Kier alpha value is -1.86. The first-order valence-electron chi connectivity index (χ1n) is 10.8. The summed E-state index contributed by atoms with van der Waals surface area (Å²) in [6, 6.07) is 2.39. The van der Waals surface area contributed by atoms with Gasteiger partial charge in [-0.25, -0.2) is 4.98 Å². The van der Waals surface area contributed by atoms with Crippen LogP contribution in [0.25, 0.3) is 11.0 Å². The summed E-state index contributed by atoms with van der Waals surface area (Å²) in [5.41, 5.74) is 3.32. The SMILES string of the molecule is OB1c2cnc3[nH]ccc3c2C(C23CCC4CC2CC(O)(C4)C3)=NN1C1CC1. The second-order valence-electron chi connectivity index (χ2n) is 10.1. The minimum Gasteiger partial charge on any atom is -0.428 e. The van der Waals surface area contributed by atoms with Crippen LogP contribution in [0, 0.1) is 17.3 Å². The molecule has 6 nitrogen and oxygen atoms in total. The van der Waals surface area contributed by atoms with Crippen molar-refractivity contribution >= 4 is 29.3 Å². The molecule has 3 bridgehead atoms. The standard InChI is InChI=1S/C21H25BN4O2/c27-20-8-12-3-5-21(11-20,13(7-12)9-20)18-17-15-4-6-23-19(15)24-10-16(17)22(28)26(25-18)14-1-2-14/h4,6,10,12-14,27-28H,1-3,5,7-9,11H2,(H,23,24). The van der Waals surface area contributed by atoms with E-state index in [0.29, 0.717) is 17.9 Å². The number of fused-ring (bicyclic) bond motifs is 5. The second-order valence-corrected chi connectivity index (χ2v) is 10.1. The Morgan fingerprint density at radius 1 is 1.25 bits per heavy atom. The van der Waals surface area contributed by atoms with Crippen LogP contribution in [0.2, 0.25) is 0 Å². The lowest BCUT2D eigenvalue weighted by atomic mass is 9.58. The number of hydrazone groups is 1. The van der Waals surface area contributed by atoms with E-state index in [4.69, 9.17) is 5.10 Å². The molecule has 144 valence electrons. The zero-order chi connectivity index (χ0) is 18.7. The molecule has 0 amide bonds. The first kappa shape index (κ1) is 16.0. The first-order chi connectivity index (χ1) is 13.6. The van der Waals surface area contributed by atoms with Crippen molar-refractivity contribution in [3.63, 3.8) is 0 Å². The number of nitrogens with one attached hydrogen (secondary N) is 1. The number of rotatable bonds is 2. The van der Waals surface area contributed by atoms with Crippen LogP contribution in [0.1, 0.15) is 56.9 Å². The van der Waals surface area contributed by atoms with Crippen molar-refractivity contribution in [3.05, 3.63) is 24.0 Å². The molecule has 7 rings (SSSR count). The second kappa shape index (κ2) is 5.00. The number of aromatic amines is 1. The highest BCUT2D eigenvalue weighted by Crippen LogP contribution is 2.65. The van der Waals surface area contributed by atoms with E-state index in [2.05, 4.69) is 16.0 Å². The van der Waals surface area contributed by atoms with Gasteiger partial charge in [0.2, 0.25) is 0 Å². The van der Waals surface area contributed by atoms with Gasteiger partial charge in [-0.3, -0.25) is 0 Å². The van der Waals surface area contributed by atoms with Gasteiger partial charge < -0.3 is 20.0 Å². The lowest BCUT2D eigenvalue weighted by Gasteiger charge is -2.45. The molecule has 4 atom stereocenters. The minimum absolute atomic E-state index is 0.0741. The fraction of sp³-hybridized carbons (Fsp3) is 0.619. The molecule has 2 aromatic heterocycles. The first-order valence-corrected chi connectivity index (χ1v) is 10.8. The maximum absolute atomic E-state index is 11.3. The average Bonchev–Trinajstić information content (AvgIpc) is 3.37.